The van der Waals surface area contributed by atoms with Gasteiger partial charge in [0.1, 0.15) is 0 Å². The lowest BCUT2D eigenvalue weighted by Gasteiger charge is -2.08. The van der Waals surface area contributed by atoms with Crippen LogP contribution in [0.2, 0.25) is 0 Å². The summed E-state index contributed by atoms with van der Waals surface area (Å²) in [6.45, 7) is 4.39. The van der Waals surface area contributed by atoms with Gasteiger partial charge in [0.2, 0.25) is 0 Å². The van der Waals surface area contributed by atoms with E-state index in [9.17, 15) is 5.11 Å². The van der Waals surface area contributed by atoms with E-state index in [1.54, 1.807) is 0 Å². The summed E-state index contributed by atoms with van der Waals surface area (Å²) < 4.78 is 0. The monoisotopic (exact) mass is 214 g/mol. The van der Waals surface area contributed by atoms with Crippen molar-refractivity contribution in [3.05, 3.63) is 0 Å². The van der Waals surface area contributed by atoms with Crippen LogP contribution in [0, 0.1) is 0 Å². The Kier molecular flexibility index (Phi) is 12.0. The third-order valence-corrected chi connectivity index (χ3v) is 3.01. The van der Waals surface area contributed by atoms with Crippen LogP contribution in [0.1, 0.15) is 84.5 Å². The minimum Gasteiger partial charge on any atom is -0.393 e. The van der Waals surface area contributed by atoms with Crippen LogP contribution in [0.3, 0.4) is 0 Å². The summed E-state index contributed by atoms with van der Waals surface area (Å²) in [7, 11) is 0. The Morgan fingerprint density at radius 3 is 1.73 bits per heavy atom. The van der Waals surface area contributed by atoms with Gasteiger partial charge < -0.3 is 5.11 Å². The zero-order valence-electron chi connectivity index (χ0n) is 10.8. The van der Waals surface area contributed by atoms with Crippen molar-refractivity contribution in [2.75, 3.05) is 0 Å². The van der Waals surface area contributed by atoms with E-state index < -0.39 is 0 Å². The van der Waals surface area contributed by atoms with Crippen molar-refractivity contribution < 1.29 is 5.11 Å². The molecule has 0 aliphatic heterocycles. The number of aliphatic hydroxyl groups excluding tert-OH is 1. The summed E-state index contributed by atoms with van der Waals surface area (Å²) in [4.78, 5) is 0. The summed E-state index contributed by atoms with van der Waals surface area (Å²) in [6, 6.07) is 0. The zero-order chi connectivity index (χ0) is 11.4. The molecule has 0 bridgehead atoms. The second kappa shape index (κ2) is 12.0. The zero-order valence-corrected chi connectivity index (χ0v) is 10.8. The minimum absolute atomic E-state index is 0.0323. The number of unbranched alkanes of at least 4 members (excludes halogenated alkanes) is 7. The standard InChI is InChI=1S/C14H30O/c1-3-5-6-7-8-9-10-11-13-14(15)12-4-2/h14-15H,3-13H2,1-2H3/t14-/m1/s1. The number of rotatable bonds is 11. The third kappa shape index (κ3) is 11.9. The van der Waals surface area contributed by atoms with Gasteiger partial charge in [0.05, 0.1) is 6.10 Å². The summed E-state index contributed by atoms with van der Waals surface area (Å²) in [5.41, 5.74) is 0. The number of aliphatic hydroxyl groups is 1. The van der Waals surface area contributed by atoms with E-state index in [-0.39, 0.29) is 6.10 Å². The number of hydrogen-bond acceptors (Lipinski definition) is 1. The van der Waals surface area contributed by atoms with E-state index in [2.05, 4.69) is 13.8 Å². The van der Waals surface area contributed by atoms with Gasteiger partial charge in [-0.15, -0.1) is 0 Å². The maximum Gasteiger partial charge on any atom is 0.0540 e. The molecule has 1 N–H and O–H groups in total. The Hall–Kier alpha value is -0.0400. The van der Waals surface area contributed by atoms with Gasteiger partial charge in [-0.05, 0) is 12.8 Å². The molecule has 0 radical (unpaired) electrons. The SMILES string of the molecule is CCCCCCCCCC[C@H](O)CCC. The minimum atomic E-state index is -0.0323. The molecule has 15 heavy (non-hydrogen) atoms. The molecule has 0 heterocycles. The van der Waals surface area contributed by atoms with Gasteiger partial charge >= 0.3 is 0 Å². The first-order valence-electron chi connectivity index (χ1n) is 6.99. The van der Waals surface area contributed by atoms with Crippen LogP contribution >= 0.6 is 0 Å². The molecule has 92 valence electrons. The highest BCUT2D eigenvalue weighted by molar-refractivity contribution is 4.55. The summed E-state index contributed by atoms with van der Waals surface area (Å²) in [5, 5.41) is 9.52. The first-order chi connectivity index (χ1) is 7.31. The second-order valence-electron chi connectivity index (χ2n) is 4.71. The number of hydrogen-bond donors (Lipinski definition) is 1. The van der Waals surface area contributed by atoms with Gasteiger partial charge in [-0.25, -0.2) is 0 Å². The lowest BCUT2D eigenvalue weighted by atomic mass is 10.0. The van der Waals surface area contributed by atoms with E-state index in [0.717, 1.165) is 19.3 Å². The molecule has 0 amide bonds. The topological polar surface area (TPSA) is 20.2 Å². The van der Waals surface area contributed by atoms with Crippen molar-refractivity contribution in [3.8, 4) is 0 Å². The Morgan fingerprint density at radius 1 is 0.667 bits per heavy atom. The highest BCUT2D eigenvalue weighted by atomic mass is 16.3. The fraction of sp³-hybridized carbons (Fsp3) is 1.00. The fourth-order valence-corrected chi connectivity index (χ4v) is 1.99. The van der Waals surface area contributed by atoms with Crippen molar-refractivity contribution in [2.45, 2.75) is 90.6 Å². The van der Waals surface area contributed by atoms with Gasteiger partial charge in [-0.2, -0.15) is 0 Å². The van der Waals surface area contributed by atoms with Gasteiger partial charge in [-0.1, -0.05) is 71.6 Å². The van der Waals surface area contributed by atoms with Crippen LogP contribution in [0.5, 0.6) is 0 Å². The van der Waals surface area contributed by atoms with Crippen molar-refractivity contribution in [3.63, 3.8) is 0 Å². The quantitative estimate of drug-likeness (QED) is 0.495. The molecule has 0 aliphatic rings. The van der Waals surface area contributed by atoms with E-state index in [1.807, 2.05) is 0 Å². The van der Waals surface area contributed by atoms with Crippen molar-refractivity contribution in [2.24, 2.45) is 0 Å². The highest BCUT2D eigenvalue weighted by Crippen LogP contribution is 2.12. The fourth-order valence-electron chi connectivity index (χ4n) is 1.99. The van der Waals surface area contributed by atoms with Gasteiger partial charge in [0.25, 0.3) is 0 Å². The summed E-state index contributed by atoms with van der Waals surface area (Å²) in [5.74, 6) is 0. The molecule has 0 aliphatic carbocycles. The van der Waals surface area contributed by atoms with Crippen molar-refractivity contribution in [1.82, 2.24) is 0 Å². The molecule has 0 aromatic heterocycles. The van der Waals surface area contributed by atoms with E-state index in [4.69, 9.17) is 0 Å². The Labute approximate surface area is 96.3 Å². The molecule has 0 aromatic rings. The molecule has 0 saturated carbocycles. The molecule has 0 saturated heterocycles. The Bertz CT molecular complexity index is 112. The van der Waals surface area contributed by atoms with Crippen LogP contribution in [0.25, 0.3) is 0 Å². The third-order valence-electron chi connectivity index (χ3n) is 3.01. The Morgan fingerprint density at radius 2 is 1.20 bits per heavy atom. The largest absolute Gasteiger partial charge is 0.393 e. The van der Waals surface area contributed by atoms with Gasteiger partial charge in [0, 0.05) is 0 Å². The van der Waals surface area contributed by atoms with Crippen molar-refractivity contribution >= 4 is 0 Å². The second-order valence-corrected chi connectivity index (χ2v) is 4.71. The van der Waals surface area contributed by atoms with E-state index >= 15 is 0 Å². The van der Waals surface area contributed by atoms with Crippen LogP contribution in [0.4, 0.5) is 0 Å². The first kappa shape index (κ1) is 15.0. The predicted molar refractivity (Wildman–Crippen MR) is 68.1 cm³/mol. The molecular formula is C14H30O. The predicted octanol–water partition coefficient (Wildman–Crippen LogP) is 4.68. The molecule has 0 spiro atoms. The maximum absolute atomic E-state index is 9.52. The normalized spacial score (nSPS) is 13.0. The van der Waals surface area contributed by atoms with E-state index in [0.29, 0.717) is 0 Å². The average molecular weight is 214 g/mol. The van der Waals surface area contributed by atoms with Crippen LogP contribution in [-0.4, -0.2) is 11.2 Å². The van der Waals surface area contributed by atoms with Gasteiger partial charge in [0.15, 0.2) is 0 Å². The first-order valence-corrected chi connectivity index (χ1v) is 6.99. The van der Waals surface area contributed by atoms with Crippen LogP contribution in [-0.2, 0) is 0 Å². The maximum atomic E-state index is 9.52. The lowest BCUT2D eigenvalue weighted by Crippen LogP contribution is -2.04. The molecule has 1 nitrogen and oxygen atoms in total. The molecule has 0 unspecified atom stereocenters. The van der Waals surface area contributed by atoms with Crippen molar-refractivity contribution in [1.29, 1.82) is 0 Å². The van der Waals surface area contributed by atoms with Gasteiger partial charge in [-0.3, -0.25) is 0 Å². The average Bonchev–Trinajstić information content (AvgIpc) is 2.22. The summed E-state index contributed by atoms with van der Waals surface area (Å²) in [6.07, 6.45) is 13.9. The lowest BCUT2D eigenvalue weighted by molar-refractivity contribution is 0.150. The van der Waals surface area contributed by atoms with Crippen LogP contribution in [0.15, 0.2) is 0 Å². The molecule has 1 atom stereocenters. The molecule has 0 fully saturated rings. The highest BCUT2D eigenvalue weighted by Gasteiger charge is 2.01. The smallest absolute Gasteiger partial charge is 0.0540 e. The van der Waals surface area contributed by atoms with E-state index in [1.165, 1.54) is 51.4 Å². The Balaban J connectivity index is 2.98. The van der Waals surface area contributed by atoms with Crippen LogP contribution < -0.4 is 0 Å². The molecule has 0 aromatic carbocycles. The molecule has 1 heteroatoms. The molecule has 0 rings (SSSR count). The molecular weight excluding hydrogens is 184 g/mol. The summed E-state index contributed by atoms with van der Waals surface area (Å²) >= 11 is 0.